The second kappa shape index (κ2) is 8.86. The summed E-state index contributed by atoms with van der Waals surface area (Å²) in [4.78, 5) is 50.3. The van der Waals surface area contributed by atoms with Gasteiger partial charge in [-0.3, -0.25) is 30.0 Å². The summed E-state index contributed by atoms with van der Waals surface area (Å²) in [7, 11) is 0. The molecule has 1 aromatic rings. The number of esters is 1. The zero-order valence-corrected chi connectivity index (χ0v) is 15.8. The SMILES string of the molecule is C[C@H](OC(=O)[C@@H]1CC(=O)N(C2CCCC2)C1)C(=O)NNC(=O)c1ccccc1. The lowest BCUT2D eigenvalue weighted by Crippen LogP contribution is -2.47. The van der Waals surface area contributed by atoms with Crippen LogP contribution in [0.5, 0.6) is 0 Å². The van der Waals surface area contributed by atoms with Gasteiger partial charge in [0.15, 0.2) is 6.10 Å². The Bertz CT molecular complexity index is 745. The lowest BCUT2D eigenvalue weighted by atomic mass is 10.1. The van der Waals surface area contributed by atoms with Gasteiger partial charge in [0.05, 0.1) is 5.92 Å². The van der Waals surface area contributed by atoms with E-state index in [0.717, 1.165) is 25.7 Å². The Kier molecular flexibility index (Phi) is 6.28. The molecule has 0 aromatic heterocycles. The maximum absolute atomic E-state index is 12.4. The van der Waals surface area contributed by atoms with Gasteiger partial charge in [-0.25, -0.2) is 0 Å². The van der Waals surface area contributed by atoms with Crippen molar-refractivity contribution in [3.8, 4) is 0 Å². The molecule has 8 nitrogen and oxygen atoms in total. The van der Waals surface area contributed by atoms with E-state index >= 15 is 0 Å². The number of nitrogens with zero attached hydrogens (tertiary/aromatic N) is 1. The third-order valence-corrected chi connectivity index (χ3v) is 5.25. The second-order valence-electron chi connectivity index (χ2n) is 7.27. The molecule has 1 aromatic carbocycles. The molecule has 1 saturated heterocycles. The van der Waals surface area contributed by atoms with Gasteiger partial charge >= 0.3 is 5.97 Å². The fraction of sp³-hybridized carbons (Fsp3) is 0.500. The van der Waals surface area contributed by atoms with Gasteiger partial charge in [0, 0.05) is 24.6 Å². The van der Waals surface area contributed by atoms with E-state index in [1.165, 1.54) is 6.92 Å². The minimum absolute atomic E-state index is 0.0268. The lowest BCUT2D eigenvalue weighted by Gasteiger charge is -2.24. The molecule has 0 spiro atoms. The van der Waals surface area contributed by atoms with Crippen LogP contribution in [-0.4, -0.2) is 47.3 Å². The van der Waals surface area contributed by atoms with E-state index < -0.39 is 29.8 Å². The first kappa shape index (κ1) is 19.9. The van der Waals surface area contributed by atoms with Crippen LogP contribution in [0, 0.1) is 5.92 Å². The first-order chi connectivity index (χ1) is 13.5. The van der Waals surface area contributed by atoms with Crippen LogP contribution in [0.25, 0.3) is 0 Å². The van der Waals surface area contributed by atoms with Crippen LogP contribution in [0.4, 0.5) is 0 Å². The number of rotatable bonds is 5. The Labute approximate surface area is 163 Å². The third-order valence-electron chi connectivity index (χ3n) is 5.25. The van der Waals surface area contributed by atoms with Crippen molar-refractivity contribution in [2.75, 3.05) is 6.54 Å². The molecule has 1 saturated carbocycles. The Morgan fingerprint density at radius 3 is 2.46 bits per heavy atom. The Hall–Kier alpha value is -2.90. The molecular formula is C20H25N3O5. The van der Waals surface area contributed by atoms with E-state index in [1.807, 2.05) is 0 Å². The molecule has 3 rings (SSSR count). The maximum atomic E-state index is 12.4. The number of likely N-dealkylation sites (tertiary alicyclic amines) is 1. The molecule has 28 heavy (non-hydrogen) atoms. The number of ether oxygens (including phenoxy) is 1. The largest absolute Gasteiger partial charge is 0.452 e. The van der Waals surface area contributed by atoms with Crippen molar-refractivity contribution in [2.24, 2.45) is 5.92 Å². The molecule has 1 aliphatic heterocycles. The summed E-state index contributed by atoms with van der Waals surface area (Å²) in [6.07, 6.45) is 3.21. The van der Waals surface area contributed by atoms with E-state index in [2.05, 4.69) is 10.9 Å². The Morgan fingerprint density at radius 1 is 1.11 bits per heavy atom. The highest BCUT2D eigenvalue weighted by Gasteiger charge is 2.40. The normalized spacial score (nSPS) is 20.7. The summed E-state index contributed by atoms with van der Waals surface area (Å²) in [5, 5.41) is 0. The number of carbonyl (C=O) groups excluding carboxylic acids is 4. The molecule has 150 valence electrons. The van der Waals surface area contributed by atoms with Gasteiger partial charge in [-0.05, 0) is 31.9 Å². The number of hydrogen-bond donors (Lipinski definition) is 2. The molecule has 8 heteroatoms. The summed E-state index contributed by atoms with van der Waals surface area (Å²) in [5.74, 6) is -2.26. The molecule has 2 atom stereocenters. The van der Waals surface area contributed by atoms with Crippen molar-refractivity contribution in [2.45, 2.75) is 51.2 Å². The van der Waals surface area contributed by atoms with Crippen LogP contribution in [0.1, 0.15) is 49.4 Å². The van der Waals surface area contributed by atoms with E-state index in [9.17, 15) is 19.2 Å². The molecule has 2 fully saturated rings. The van der Waals surface area contributed by atoms with Crippen LogP contribution in [0.15, 0.2) is 30.3 Å². The van der Waals surface area contributed by atoms with Gasteiger partial charge in [0.1, 0.15) is 0 Å². The number of amides is 3. The van der Waals surface area contributed by atoms with Gasteiger partial charge in [-0.2, -0.15) is 0 Å². The Morgan fingerprint density at radius 2 is 1.79 bits per heavy atom. The molecule has 1 heterocycles. The average molecular weight is 387 g/mol. The van der Waals surface area contributed by atoms with Crippen molar-refractivity contribution in [1.82, 2.24) is 15.8 Å². The molecule has 2 N–H and O–H groups in total. The van der Waals surface area contributed by atoms with E-state index in [0.29, 0.717) is 12.1 Å². The standard InChI is InChI=1S/C20H25N3O5/c1-13(18(25)21-22-19(26)14-7-3-2-4-8-14)28-20(27)15-11-17(24)23(12-15)16-9-5-6-10-16/h2-4,7-8,13,15-16H,5-6,9-12H2,1H3,(H,21,25)(H,22,26)/t13-,15+/m0/s1. The van der Waals surface area contributed by atoms with Gasteiger partial charge < -0.3 is 9.64 Å². The Balaban J connectivity index is 1.45. The van der Waals surface area contributed by atoms with Crippen molar-refractivity contribution >= 4 is 23.7 Å². The topological polar surface area (TPSA) is 105 Å². The number of benzene rings is 1. The van der Waals surface area contributed by atoms with Crippen LogP contribution >= 0.6 is 0 Å². The minimum Gasteiger partial charge on any atom is -0.452 e. The van der Waals surface area contributed by atoms with Crippen LogP contribution in [0.3, 0.4) is 0 Å². The smallest absolute Gasteiger partial charge is 0.312 e. The van der Waals surface area contributed by atoms with Gasteiger partial charge in [-0.1, -0.05) is 31.0 Å². The fourth-order valence-corrected chi connectivity index (χ4v) is 3.66. The van der Waals surface area contributed by atoms with Crippen LogP contribution in [-0.2, 0) is 19.1 Å². The monoisotopic (exact) mass is 387 g/mol. The summed E-state index contributed by atoms with van der Waals surface area (Å²) in [6, 6.07) is 8.63. The second-order valence-corrected chi connectivity index (χ2v) is 7.27. The predicted octanol–water partition coefficient (Wildman–Crippen LogP) is 1.17. The number of carbonyl (C=O) groups is 4. The highest BCUT2D eigenvalue weighted by Crippen LogP contribution is 2.30. The zero-order valence-electron chi connectivity index (χ0n) is 15.8. The number of nitrogens with one attached hydrogen (secondary N) is 2. The third kappa shape index (κ3) is 4.68. The highest BCUT2D eigenvalue weighted by molar-refractivity contribution is 5.96. The van der Waals surface area contributed by atoms with Crippen LogP contribution < -0.4 is 10.9 Å². The minimum atomic E-state index is -1.08. The molecule has 2 aliphatic rings. The molecule has 0 bridgehead atoms. The van der Waals surface area contributed by atoms with E-state index in [-0.39, 0.29) is 18.4 Å². The summed E-state index contributed by atoms with van der Waals surface area (Å²) in [6.45, 7) is 1.77. The summed E-state index contributed by atoms with van der Waals surface area (Å²) in [5.41, 5.74) is 4.92. The van der Waals surface area contributed by atoms with Gasteiger partial charge in [-0.15, -0.1) is 0 Å². The molecule has 0 unspecified atom stereocenters. The molecule has 3 amide bonds. The van der Waals surface area contributed by atoms with E-state index in [4.69, 9.17) is 4.74 Å². The van der Waals surface area contributed by atoms with E-state index in [1.54, 1.807) is 35.2 Å². The summed E-state index contributed by atoms with van der Waals surface area (Å²) >= 11 is 0. The predicted molar refractivity (Wildman–Crippen MR) is 99.7 cm³/mol. The molecule has 1 aliphatic carbocycles. The number of hydrogen-bond acceptors (Lipinski definition) is 5. The summed E-state index contributed by atoms with van der Waals surface area (Å²) < 4.78 is 5.21. The van der Waals surface area contributed by atoms with Crippen molar-refractivity contribution in [3.05, 3.63) is 35.9 Å². The van der Waals surface area contributed by atoms with Crippen molar-refractivity contribution < 1.29 is 23.9 Å². The zero-order chi connectivity index (χ0) is 20.1. The van der Waals surface area contributed by atoms with Gasteiger partial charge in [0.2, 0.25) is 5.91 Å². The highest BCUT2D eigenvalue weighted by atomic mass is 16.5. The van der Waals surface area contributed by atoms with Gasteiger partial charge in [0.25, 0.3) is 11.8 Å². The molecule has 0 radical (unpaired) electrons. The lowest BCUT2D eigenvalue weighted by molar-refractivity contribution is -0.158. The average Bonchev–Trinajstić information content (AvgIpc) is 3.35. The quantitative estimate of drug-likeness (QED) is 0.583. The first-order valence-corrected chi connectivity index (χ1v) is 9.61. The van der Waals surface area contributed by atoms with Crippen molar-refractivity contribution in [1.29, 1.82) is 0 Å². The van der Waals surface area contributed by atoms with Crippen molar-refractivity contribution in [3.63, 3.8) is 0 Å². The molecular weight excluding hydrogens is 362 g/mol. The maximum Gasteiger partial charge on any atom is 0.312 e. The van der Waals surface area contributed by atoms with Crippen LogP contribution in [0.2, 0.25) is 0 Å². The fourth-order valence-electron chi connectivity index (χ4n) is 3.66. The number of hydrazine groups is 1. The first-order valence-electron chi connectivity index (χ1n) is 9.61.